The zero-order valence-electron chi connectivity index (χ0n) is 18.4. The van der Waals surface area contributed by atoms with Crippen LogP contribution in [0.2, 0.25) is 0 Å². The lowest BCUT2D eigenvalue weighted by Gasteiger charge is -2.27. The first kappa shape index (κ1) is 22.6. The first-order chi connectivity index (χ1) is 16.3. The molecule has 1 aliphatic heterocycles. The number of aromatic nitrogens is 2. The van der Waals surface area contributed by atoms with E-state index < -0.39 is 11.7 Å². The van der Waals surface area contributed by atoms with Gasteiger partial charge >= 0.3 is 6.18 Å². The number of hydrogen-bond donors (Lipinski definition) is 1. The minimum Gasteiger partial charge on any atom is -0.306 e. The van der Waals surface area contributed by atoms with Crippen LogP contribution in [0.5, 0.6) is 0 Å². The van der Waals surface area contributed by atoms with Gasteiger partial charge in [0.2, 0.25) is 0 Å². The van der Waals surface area contributed by atoms with Gasteiger partial charge in [0.25, 0.3) is 5.56 Å². The van der Waals surface area contributed by atoms with E-state index in [1.165, 1.54) is 33.0 Å². The highest BCUT2D eigenvalue weighted by molar-refractivity contribution is 7.15. The molecule has 5 rings (SSSR count). The van der Waals surface area contributed by atoms with Crippen molar-refractivity contribution in [3.8, 4) is 21.8 Å². The number of halogens is 3. The molecule has 2 aromatic heterocycles. The van der Waals surface area contributed by atoms with E-state index in [9.17, 15) is 18.0 Å². The van der Waals surface area contributed by atoms with E-state index in [2.05, 4.69) is 58.2 Å². The quantitative estimate of drug-likeness (QED) is 0.386. The number of rotatable bonds is 4. The summed E-state index contributed by atoms with van der Waals surface area (Å²) in [6.07, 6.45) is -3.79. The Morgan fingerprint density at radius 3 is 2.59 bits per heavy atom. The van der Waals surface area contributed by atoms with Crippen LogP contribution in [0.1, 0.15) is 27.3 Å². The summed E-state index contributed by atoms with van der Waals surface area (Å²) in [4.78, 5) is 24.8. The standard InChI is InChI=1S/C26H22F3N3OS/c1-16-3-2-4-18(13-16)23-10-9-20(34-23)14-32-12-11-22-21(15-32)25(33)31-24(30-22)17-5-7-19(8-6-17)26(27,28)29/h2-10,13H,11-12,14-15H2,1H3,(H,30,31,33). The van der Waals surface area contributed by atoms with E-state index in [0.717, 1.165) is 25.2 Å². The molecule has 0 spiro atoms. The molecule has 174 valence electrons. The van der Waals surface area contributed by atoms with Gasteiger partial charge in [-0.25, -0.2) is 4.98 Å². The van der Waals surface area contributed by atoms with Crippen molar-refractivity contribution in [2.45, 2.75) is 32.6 Å². The zero-order chi connectivity index (χ0) is 23.9. The summed E-state index contributed by atoms with van der Waals surface area (Å²) < 4.78 is 38.5. The molecule has 0 aliphatic carbocycles. The number of hydrogen-bond acceptors (Lipinski definition) is 4. The normalized spacial score (nSPS) is 14.2. The Bertz CT molecular complexity index is 1390. The minimum atomic E-state index is -4.40. The molecule has 0 bridgehead atoms. The molecular formula is C26H22F3N3OS. The van der Waals surface area contributed by atoms with Gasteiger partial charge in [-0.3, -0.25) is 9.69 Å². The monoisotopic (exact) mass is 481 g/mol. The third-order valence-electron chi connectivity index (χ3n) is 5.98. The predicted molar refractivity (Wildman–Crippen MR) is 128 cm³/mol. The SMILES string of the molecule is Cc1cccc(-c2ccc(CN3CCc4nc(-c5ccc(C(F)(F)F)cc5)[nH]c(=O)c4C3)s2)c1. The lowest BCUT2D eigenvalue weighted by Crippen LogP contribution is -2.35. The van der Waals surface area contributed by atoms with Crippen LogP contribution in [0, 0.1) is 6.92 Å². The third kappa shape index (κ3) is 4.69. The van der Waals surface area contributed by atoms with Crippen LogP contribution in [0.4, 0.5) is 13.2 Å². The second-order valence-electron chi connectivity index (χ2n) is 8.51. The van der Waals surface area contributed by atoms with Gasteiger partial charge in [0, 0.05) is 41.4 Å². The smallest absolute Gasteiger partial charge is 0.306 e. The van der Waals surface area contributed by atoms with Crippen LogP contribution in [0.25, 0.3) is 21.8 Å². The van der Waals surface area contributed by atoms with Gasteiger partial charge in [-0.1, -0.05) is 42.0 Å². The Morgan fingerprint density at radius 2 is 1.85 bits per heavy atom. The molecule has 0 atom stereocenters. The van der Waals surface area contributed by atoms with Crippen molar-refractivity contribution in [3.63, 3.8) is 0 Å². The number of nitrogens with zero attached hydrogens (tertiary/aromatic N) is 2. The number of nitrogens with one attached hydrogen (secondary N) is 1. The second-order valence-corrected chi connectivity index (χ2v) is 9.68. The fourth-order valence-corrected chi connectivity index (χ4v) is 5.25. The average molecular weight is 482 g/mol. The molecule has 0 radical (unpaired) electrons. The summed E-state index contributed by atoms with van der Waals surface area (Å²) in [5, 5.41) is 0. The van der Waals surface area contributed by atoms with Crippen LogP contribution in [-0.4, -0.2) is 21.4 Å². The van der Waals surface area contributed by atoms with Crippen LogP contribution < -0.4 is 5.56 Å². The Hall–Kier alpha value is -3.23. The highest BCUT2D eigenvalue weighted by Gasteiger charge is 2.30. The highest BCUT2D eigenvalue weighted by atomic mass is 32.1. The number of fused-ring (bicyclic) bond motifs is 1. The number of aryl methyl sites for hydroxylation is 1. The van der Waals surface area contributed by atoms with Gasteiger partial charge in [-0.15, -0.1) is 11.3 Å². The summed E-state index contributed by atoms with van der Waals surface area (Å²) in [7, 11) is 0. The maximum Gasteiger partial charge on any atom is 0.416 e. The van der Waals surface area contributed by atoms with E-state index in [1.807, 2.05) is 0 Å². The molecule has 1 aliphatic rings. The molecular weight excluding hydrogens is 459 g/mol. The molecule has 0 unspecified atom stereocenters. The summed E-state index contributed by atoms with van der Waals surface area (Å²) >= 11 is 1.75. The maximum atomic E-state index is 12.8. The van der Waals surface area contributed by atoms with Gasteiger partial charge in [0.15, 0.2) is 0 Å². The van der Waals surface area contributed by atoms with Crippen LogP contribution in [-0.2, 0) is 25.7 Å². The molecule has 2 aromatic carbocycles. The van der Waals surface area contributed by atoms with Gasteiger partial charge in [-0.05, 0) is 36.8 Å². The Kier molecular flexibility index (Phi) is 5.87. The van der Waals surface area contributed by atoms with Gasteiger partial charge < -0.3 is 4.98 Å². The molecule has 4 aromatic rings. The van der Waals surface area contributed by atoms with E-state index in [-0.39, 0.29) is 5.56 Å². The number of thiophene rings is 1. The number of aromatic amines is 1. The van der Waals surface area contributed by atoms with Crippen molar-refractivity contribution in [3.05, 3.63) is 98.3 Å². The highest BCUT2D eigenvalue weighted by Crippen LogP contribution is 2.32. The van der Waals surface area contributed by atoms with Gasteiger partial charge in [-0.2, -0.15) is 13.2 Å². The van der Waals surface area contributed by atoms with Crippen LogP contribution >= 0.6 is 11.3 Å². The largest absolute Gasteiger partial charge is 0.416 e. The summed E-state index contributed by atoms with van der Waals surface area (Å²) in [5.41, 5.74) is 3.25. The van der Waals surface area contributed by atoms with Crippen molar-refractivity contribution in [1.82, 2.24) is 14.9 Å². The summed E-state index contributed by atoms with van der Waals surface area (Å²) in [6, 6.07) is 17.4. The van der Waals surface area contributed by atoms with E-state index >= 15 is 0 Å². The van der Waals surface area contributed by atoms with Gasteiger partial charge in [0.1, 0.15) is 5.82 Å². The van der Waals surface area contributed by atoms with Gasteiger partial charge in [0.05, 0.1) is 16.8 Å². The zero-order valence-corrected chi connectivity index (χ0v) is 19.3. The first-order valence-electron chi connectivity index (χ1n) is 10.9. The topological polar surface area (TPSA) is 49.0 Å². The van der Waals surface area contributed by atoms with Crippen LogP contribution in [0.3, 0.4) is 0 Å². The number of H-pyrrole nitrogens is 1. The molecule has 0 saturated heterocycles. The number of alkyl halides is 3. The van der Waals surface area contributed by atoms with E-state index in [1.54, 1.807) is 11.3 Å². The lowest BCUT2D eigenvalue weighted by atomic mass is 10.1. The molecule has 4 nitrogen and oxygen atoms in total. The lowest BCUT2D eigenvalue weighted by molar-refractivity contribution is -0.137. The molecule has 3 heterocycles. The molecule has 1 N–H and O–H groups in total. The molecule has 8 heteroatoms. The van der Waals surface area contributed by atoms with Crippen molar-refractivity contribution in [2.24, 2.45) is 0 Å². The molecule has 0 amide bonds. The molecule has 34 heavy (non-hydrogen) atoms. The maximum absolute atomic E-state index is 12.8. The van der Waals surface area contributed by atoms with Crippen molar-refractivity contribution in [1.29, 1.82) is 0 Å². The predicted octanol–water partition coefficient (Wildman–Crippen LogP) is 6.05. The van der Waals surface area contributed by atoms with E-state index in [0.29, 0.717) is 35.6 Å². The number of benzene rings is 2. The van der Waals surface area contributed by atoms with Crippen molar-refractivity contribution >= 4 is 11.3 Å². The third-order valence-corrected chi connectivity index (χ3v) is 7.10. The summed E-state index contributed by atoms with van der Waals surface area (Å²) in [6.45, 7) is 4.07. The average Bonchev–Trinajstić information content (AvgIpc) is 3.27. The Morgan fingerprint density at radius 1 is 1.06 bits per heavy atom. The minimum absolute atomic E-state index is 0.240. The summed E-state index contributed by atoms with van der Waals surface area (Å²) in [5.74, 6) is 0.298. The van der Waals surface area contributed by atoms with E-state index in [4.69, 9.17) is 0 Å². The second kappa shape index (κ2) is 8.85. The molecule has 0 saturated carbocycles. The van der Waals surface area contributed by atoms with Crippen molar-refractivity contribution < 1.29 is 13.2 Å². The Balaban J connectivity index is 1.32. The fourth-order valence-electron chi connectivity index (χ4n) is 4.21. The first-order valence-corrected chi connectivity index (χ1v) is 11.8. The Labute approximate surface area is 198 Å². The van der Waals surface area contributed by atoms with Crippen LogP contribution in [0.15, 0.2) is 65.5 Å². The fraction of sp³-hybridized carbons (Fsp3) is 0.231. The van der Waals surface area contributed by atoms with Crippen molar-refractivity contribution in [2.75, 3.05) is 6.54 Å². The molecule has 0 fully saturated rings.